The second-order valence-corrected chi connectivity index (χ2v) is 7.81. The average molecular weight is 360 g/mol. The van der Waals surface area contributed by atoms with E-state index in [4.69, 9.17) is 4.52 Å². The summed E-state index contributed by atoms with van der Waals surface area (Å²) in [6.45, 7) is 8.17. The third-order valence-corrected chi connectivity index (χ3v) is 4.39. The zero-order valence-corrected chi connectivity index (χ0v) is 15.5. The molecular weight excluding hydrogens is 335 g/mol. The van der Waals surface area contributed by atoms with Crippen molar-refractivity contribution in [3.8, 4) is 11.4 Å². The molecule has 1 amide bonds. The highest BCUT2D eigenvalue weighted by molar-refractivity contribution is 5.79. The summed E-state index contributed by atoms with van der Waals surface area (Å²) in [5, 5.41) is 7.02. The highest BCUT2D eigenvalue weighted by Gasteiger charge is 2.28. The normalized spacial score (nSPS) is 16.6. The van der Waals surface area contributed by atoms with Gasteiger partial charge in [-0.2, -0.15) is 4.98 Å². The van der Waals surface area contributed by atoms with E-state index in [2.05, 4.69) is 20.4 Å². The Hall–Kier alpha value is -2.28. The first kappa shape index (κ1) is 18.5. The fourth-order valence-electron chi connectivity index (χ4n) is 3.05. The predicted octanol–water partition coefficient (Wildman–Crippen LogP) is 3.00. The van der Waals surface area contributed by atoms with Crippen molar-refractivity contribution in [2.24, 2.45) is 5.92 Å². The maximum absolute atomic E-state index is 13.0. The number of piperidine rings is 1. The Morgan fingerprint density at radius 2 is 1.92 bits per heavy atom. The van der Waals surface area contributed by atoms with E-state index in [1.807, 2.05) is 20.8 Å². The first-order valence-corrected chi connectivity index (χ1v) is 8.93. The van der Waals surface area contributed by atoms with E-state index in [0.29, 0.717) is 18.3 Å². The molecule has 0 spiro atoms. The molecule has 6 nitrogen and oxygen atoms in total. The van der Waals surface area contributed by atoms with Crippen molar-refractivity contribution >= 4 is 5.91 Å². The van der Waals surface area contributed by atoms with Crippen molar-refractivity contribution in [3.05, 3.63) is 36.0 Å². The number of rotatable bonds is 4. The van der Waals surface area contributed by atoms with Gasteiger partial charge in [-0.1, -0.05) is 5.16 Å². The van der Waals surface area contributed by atoms with Crippen molar-refractivity contribution in [1.29, 1.82) is 0 Å². The van der Waals surface area contributed by atoms with Gasteiger partial charge in [-0.15, -0.1) is 0 Å². The first-order chi connectivity index (χ1) is 12.3. The Bertz CT molecular complexity index is 744. The van der Waals surface area contributed by atoms with Crippen LogP contribution in [0.3, 0.4) is 0 Å². The van der Waals surface area contributed by atoms with Crippen LogP contribution in [0.15, 0.2) is 28.8 Å². The smallest absolute Gasteiger partial charge is 0.241 e. The third-order valence-electron chi connectivity index (χ3n) is 4.39. The summed E-state index contributed by atoms with van der Waals surface area (Å²) in [5.41, 5.74) is 0.522. The topological polar surface area (TPSA) is 71.3 Å². The van der Waals surface area contributed by atoms with Crippen LogP contribution in [-0.2, 0) is 11.3 Å². The van der Waals surface area contributed by atoms with E-state index in [0.717, 1.165) is 31.5 Å². The fourth-order valence-corrected chi connectivity index (χ4v) is 3.05. The maximum atomic E-state index is 13.0. The van der Waals surface area contributed by atoms with E-state index >= 15 is 0 Å². The van der Waals surface area contributed by atoms with Crippen LogP contribution >= 0.6 is 0 Å². The van der Waals surface area contributed by atoms with Gasteiger partial charge in [-0.05, 0) is 71.0 Å². The minimum Gasteiger partial charge on any atom is -0.351 e. The van der Waals surface area contributed by atoms with E-state index in [1.54, 1.807) is 12.1 Å². The molecule has 2 heterocycles. The number of nitrogens with one attached hydrogen (secondary N) is 1. The van der Waals surface area contributed by atoms with Gasteiger partial charge in [0.2, 0.25) is 17.6 Å². The number of benzene rings is 1. The minimum atomic E-state index is -0.296. The molecule has 0 saturated carbocycles. The average Bonchev–Trinajstić information content (AvgIpc) is 3.03. The molecule has 0 atom stereocenters. The van der Waals surface area contributed by atoms with Gasteiger partial charge in [0.15, 0.2) is 0 Å². The number of amides is 1. The van der Waals surface area contributed by atoms with Gasteiger partial charge in [0, 0.05) is 17.0 Å². The molecule has 1 aliphatic heterocycles. The number of likely N-dealkylation sites (tertiary alicyclic amines) is 1. The Labute approximate surface area is 152 Å². The van der Waals surface area contributed by atoms with Gasteiger partial charge in [-0.25, -0.2) is 4.39 Å². The molecule has 0 aliphatic carbocycles. The first-order valence-electron chi connectivity index (χ1n) is 8.93. The second-order valence-electron chi connectivity index (χ2n) is 7.81. The van der Waals surface area contributed by atoms with Gasteiger partial charge in [0.05, 0.1) is 6.54 Å². The summed E-state index contributed by atoms with van der Waals surface area (Å²) in [6, 6.07) is 6.00. The predicted molar refractivity (Wildman–Crippen MR) is 95.6 cm³/mol. The second kappa shape index (κ2) is 7.53. The summed E-state index contributed by atoms with van der Waals surface area (Å²) < 4.78 is 18.3. The summed E-state index contributed by atoms with van der Waals surface area (Å²) in [6.07, 6.45) is 1.64. The molecule has 0 radical (unpaired) electrons. The molecule has 1 aliphatic rings. The monoisotopic (exact) mass is 360 g/mol. The summed E-state index contributed by atoms with van der Waals surface area (Å²) in [4.78, 5) is 18.9. The Morgan fingerprint density at radius 3 is 2.54 bits per heavy atom. The lowest BCUT2D eigenvalue weighted by Crippen LogP contribution is -2.46. The van der Waals surface area contributed by atoms with Crippen LogP contribution in [0.5, 0.6) is 0 Å². The largest absolute Gasteiger partial charge is 0.351 e. The number of hydrogen-bond donors (Lipinski definition) is 1. The molecule has 1 saturated heterocycles. The quantitative estimate of drug-likeness (QED) is 0.907. The molecule has 1 N–H and O–H groups in total. The van der Waals surface area contributed by atoms with Crippen LogP contribution in [0.25, 0.3) is 11.4 Å². The molecule has 3 rings (SSSR count). The molecule has 1 fully saturated rings. The molecule has 0 unspecified atom stereocenters. The molecular formula is C19H25FN4O2. The molecule has 1 aromatic heterocycles. The lowest BCUT2D eigenvalue weighted by molar-refractivity contribution is -0.127. The maximum Gasteiger partial charge on any atom is 0.241 e. The highest BCUT2D eigenvalue weighted by Crippen LogP contribution is 2.21. The van der Waals surface area contributed by atoms with Crippen molar-refractivity contribution in [2.45, 2.75) is 45.7 Å². The van der Waals surface area contributed by atoms with E-state index < -0.39 is 0 Å². The number of carbonyl (C=O) groups excluding carboxylic acids is 1. The Morgan fingerprint density at radius 1 is 1.27 bits per heavy atom. The van der Waals surface area contributed by atoms with Crippen LogP contribution < -0.4 is 5.32 Å². The van der Waals surface area contributed by atoms with Crippen molar-refractivity contribution < 1.29 is 13.7 Å². The number of halogens is 1. The van der Waals surface area contributed by atoms with Gasteiger partial charge < -0.3 is 9.84 Å². The zero-order chi connectivity index (χ0) is 18.7. The van der Waals surface area contributed by atoms with Crippen molar-refractivity contribution in [3.63, 3.8) is 0 Å². The van der Waals surface area contributed by atoms with Crippen molar-refractivity contribution in [2.75, 3.05) is 13.1 Å². The highest BCUT2D eigenvalue weighted by atomic mass is 19.1. The van der Waals surface area contributed by atoms with Crippen LogP contribution in [0.1, 0.15) is 39.5 Å². The Kier molecular flexibility index (Phi) is 5.36. The number of carbonyl (C=O) groups is 1. The van der Waals surface area contributed by atoms with Crippen LogP contribution in [-0.4, -0.2) is 39.6 Å². The lowest BCUT2D eigenvalue weighted by atomic mass is 9.94. The van der Waals surface area contributed by atoms with E-state index in [-0.39, 0.29) is 23.2 Å². The van der Waals surface area contributed by atoms with E-state index in [9.17, 15) is 9.18 Å². The van der Waals surface area contributed by atoms with E-state index in [1.165, 1.54) is 12.1 Å². The third kappa shape index (κ3) is 4.88. The van der Waals surface area contributed by atoms with Gasteiger partial charge in [-0.3, -0.25) is 9.69 Å². The van der Waals surface area contributed by atoms with Gasteiger partial charge >= 0.3 is 0 Å². The van der Waals surface area contributed by atoms with Gasteiger partial charge in [0.1, 0.15) is 5.82 Å². The van der Waals surface area contributed by atoms with Crippen LogP contribution in [0.4, 0.5) is 4.39 Å². The molecule has 26 heavy (non-hydrogen) atoms. The Balaban J connectivity index is 1.52. The number of nitrogens with zero attached hydrogens (tertiary/aromatic N) is 3. The number of aromatic nitrogens is 2. The molecule has 1 aromatic carbocycles. The molecule has 2 aromatic rings. The lowest BCUT2D eigenvalue weighted by Gasteiger charge is -2.32. The van der Waals surface area contributed by atoms with Crippen molar-refractivity contribution in [1.82, 2.24) is 20.4 Å². The summed E-state index contributed by atoms with van der Waals surface area (Å²) in [7, 11) is 0. The minimum absolute atomic E-state index is 0.0583. The molecule has 140 valence electrons. The number of hydrogen-bond acceptors (Lipinski definition) is 5. The summed E-state index contributed by atoms with van der Waals surface area (Å²) in [5.74, 6) is 0.883. The summed E-state index contributed by atoms with van der Waals surface area (Å²) >= 11 is 0. The van der Waals surface area contributed by atoms with Crippen LogP contribution in [0.2, 0.25) is 0 Å². The zero-order valence-electron chi connectivity index (χ0n) is 15.5. The molecule has 0 bridgehead atoms. The molecule has 7 heteroatoms. The fraction of sp³-hybridized carbons (Fsp3) is 0.526. The van der Waals surface area contributed by atoms with Crippen LogP contribution in [0, 0.1) is 11.7 Å². The van der Waals surface area contributed by atoms with Gasteiger partial charge in [0.25, 0.3) is 0 Å². The standard InChI is InChI=1S/C19H25FN4O2/c1-19(2,3)22-18(25)14-8-10-24(11-9-14)12-16-21-17(23-26-16)13-4-6-15(20)7-5-13/h4-7,14H,8-12H2,1-3H3,(H,22,25). The SMILES string of the molecule is CC(C)(C)NC(=O)C1CCN(Cc2nc(-c3ccc(F)cc3)no2)CC1.